The summed E-state index contributed by atoms with van der Waals surface area (Å²) in [5.41, 5.74) is 1.73. The zero-order valence-electron chi connectivity index (χ0n) is 9.66. The molecule has 2 aromatic rings. The normalized spacial score (nSPS) is 12.6. The summed E-state index contributed by atoms with van der Waals surface area (Å²) in [6, 6.07) is 5.21. The fourth-order valence-electron chi connectivity index (χ4n) is 1.45. The Kier molecular flexibility index (Phi) is 3.33. The van der Waals surface area contributed by atoms with E-state index in [1.165, 1.54) is 0 Å². The lowest BCUT2D eigenvalue weighted by Gasteiger charge is -2.10. The van der Waals surface area contributed by atoms with Gasteiger partial charge >= 0.3 is 0 Å². The predicted octanol–water partition coefficient (Wildman–Crippen LogP) is 3.01. The molecule has 90 valence electrons. The zero-order chi connectivity index (χ0) is 12.4. The Balaban J connectivity index is 2.26. The standard InChI is InChI=1S/C12H13ClN2O2/c1-3-7(2)14-11(16)8-4-5-10-9(6-8)15-12(13)17-10/h4-7H,3H2,1-2H3,(H,14,16)/t7-/m0/s1. The van der Waals surface area contributed by atoms with Crippen LogP contribution in [0.2, 0.25) is 5.35 Å². The molecular weight excluding hydrogens is 240 g/mol. The Hall–Kier alpha value is -1.55. The molecule has 0 aliphatic carbocycles. The van der Waals surface area contributed by atoms with E-state index in [0.29, 0.717) is 16.7 Å². The van der Waals surface area contributed by atoms with Gasteiger partial charge in [-0.25, -0.2) is 0 Å². The van der Waals surface area contributed by atoms with Crippen molar-refractivity contribution in [3.63, 3.8) is 0 Å². The first-order valence-corrected chi connectivity index (χ1v) is 5.85. The third-order valence-electron chi connectivity index (χ3n) is 2.61. The summed E-state index contributed by atoms with van der Waals surface area (Å²) in [6.45, 7) is 3.98. The Labute approximate surface area is 104 Å². The molecule has 0 unspecified atom stereocenters. The van der Waals surface area contributed by atoms with Crippen molar-refractivity contribution in [2.24, 2.45) is 0 Å². The van der Waals surface area contributed by atoms with Gasteiger partial charge in [-0.1, -0.05) is 6.92 Å². The molecule has 17 heavy (non-hydrogen) atoms. The first-order chi connectivity index (χ1) is 8.10. The minimum atomic E-state index is -0.111. The van der Waals surface area contributed by atoms with Gasteiger partial charge in [0.05, 0.1) is 0 Å². The number of nitrogens with one attached hydrogen (secondary N) is 1. The molecule has 1 amide bonds. The van der Waals surface area contributed by atoms with Crippen molar-refractivity contribution in [3.05, 3.63) is 29.1 Å². The van der Waals surface area contributed by atoms with Crippen LogP contribution in [0.25, 0.3) is 11.1 Å². The number of fused-ring (bicyclic) bond motifs is 1. The van der Waals surface area contributed by atoms with E-state index < -0.39 is 0 Å². The molecule has 0 saturated heterocycles. The highest BCUT2D eigenvalue weighted by molar-refractivity contribution is 6.28. The predicted molar refractivity (Wildman–Crippen MR) is 66.2 cm³/mol. The second-order valence-corrected chi connectivity index (χ2v) is 4.26. The van der Waals surface area contributed by atoms with E-state index in [4.69, 9.17) is 16.0 Å². The molecule has 2 rings (SSSR count). The van der Waals surface area contributed by atoms with Crippen LogP contribution in [0.3, 0.4) is 0 Å². The number of amides is 1. The fraction of sp³-hybridized carbons (Fsp3) is 0.333. The Bertz CT molecular complexity index is 550. The van der Waals surface area contributed by atoms with Crippen LogP contribution in [0.4, 0.5) is 0 Å². The highest BCUT2D eigenvalue weighted by atomic mass is 35.5. The summed E-state index contributed by atoms with van der Waals surface area (Å²) in [4.78, 5) is 15.8. The molecule has 1 atom stereocenters. The molecule has 0 bridgehead atoms. The SMILES string of the molecule is CC[C@H](C)NC(=O)c1ccc2oc(Cl)nc2c1. The molecule has 0 aliphatic heterocycles. The van der Waals surface area contributed by atoms with Gasteiger partial charge in [-0.2, -0.15) is 4.98 Å². The van der Waals surface area contributed by atoms with Crippen LogP contribution < -0.4 is 5.32 Å². The van der Waals surface area contributed by atoms with Crippen molar-refractivity contribution in [1.29, 1.82) is 0 Å². The van der Waals surface area contributed by atoms with Crippen molar-refractivity contribution in [1.82, 2.24) is 10.3 Å². The van der Waals surface area contributed by atoms with E-state index in [9.17, 15) is 4.79 Å². The molecular formula is C12H13ClN2O2. The number of rotatable bonds is 3. The zero-order valence-corrected chi connectivity index (χ0v) is 10.4. The van der Waals surface area contributed by atoms with Crippen molar-refractivity contribution in [2.75, 3.05) is 0 Å². The molecule has 1 aromatic carbocycles. The molecule has 4 nitrogen and oxygen atoms in total. The van der Waals surface area contributed by atoms with E-state index in [1.54, 1.807) is 18.2 Å². The number of carbonyl (C=O) groups is 1. The highest BCUT2D eigenvalue weighted by Crippen LogP contribution is 2.19. The lowest BCUT2D eigenvalue weighted by molar-refractivity contribution is 0.0939. The average Bonchev–Trinajstić information content (AvgIpc) is 2.67. The minimum Gasteiger partial charge on any atom is -0.428 e. The second kappa shape index (κ2) is 4.75. The summed E-state index contributed by atoms with van der Waals surface area (Å²) in [5.74, 6) is -0.111. The van der Waals surface area contributed by atoms with E-state index in [-0.39, 0.29) is 17.3 Å². The largest absolute Gasteiger partial charge is 0.428 e. The third kappa shape index (κ3) is 2.58. The topological polar surface area (TPSA) is 55.1 Å². The van der Waals surface area contributed by atoms with E-state index in [2.05, 4.69) is 10.3 Å². The lowest BCUT2D eigenvalue weighted by Crippen LogP contribution is -2.31. The van der Waals surface area contributed by atoms with Crippen LogP contribution in [-0.4, -0.2) is 16.9 Å². The van der Waals surface area contributed by atoms with Crippen LogP contribution in [-0.2, 0) is 0 Å². The number of halogens is 1. The highest BCUT2D eigenvalue weighted by Gasteiger charge is 2.11. The summed E-state index contributed by atoms with van der Waals surface area (Å²) in [7, 11) is 0. The summed E-state index contributed by atoms with van der Waals surface area (Å²) in [6.07, 6.45) is 0.893. The molecule has 0 radical (unpaired) electrons. The monoisotopic (exact) mass is 252 g/mol. The van der Waals surface area contributed by atoms with Gasteiger partial charge in [0.1, 0.15) is 5.52 Å². The van der Waals surface area contributed by atoms with Gasteiger partial charge < -0.3 is 9.73 Å². The number of carbonyl (C=O) groups excluding carboxylic acids is 1. The number of hydrogen-bond donors (Lipinski definition) is 1. The van der Waals surface area contributed by atoms with Gasteiger partial charge in [0.2, 0.25) is 0 Å². The summed E-state index contributed by atoms with van der Waals surface area (Å²) in [5, 5.41) is 2.97. The van der Waals surface area contributed by atoms with Gasteiger partial charge in [-0.15, -0.1) is 0 Å². The van der Waals surface area contributed by atoms with E-state index in [0.717, 1.165) is 6.42 Å². The van der Waals surface area contributed by atoms with Gasteiger partial charge in [-0.3, -0.25) is 4.79 Å². The van der Waals surface area contributed by atoms with Crippen LogP contribution >= 0.6 is 11.6 Å². The summed E-state index contributed by atoms with van der Waals surface area (Å²) >= 11 is 5.64. The number of hydrogen-bond acceptors (Lipinski definition) is 3. The Morgan fingerprint density at radius 1 is 1.59 bits per heavy atom. The number of aromatic nitrogens is 1. The van der Waals surface area contributed by atoms with Crippen LogP contribution in [0.5, 0.6) is 0 Å². The number of nitrogens with zero attached hydrogens (tertiary/aromatic N) is 1. The first-order valence-electron chi connectivity index (χ1n) is 5.47. The molecule has 0 aliphatic rings. The second-order valence-electron chi connectivity index (χ2n) is 3.93. The smallest absolute Gasteiger partial charge is 0.293 e. The lowest BCUT2D eigenvalue weighted by atomic mass is 10.1. The number of benzene rings is 1. The van der Waals surface area contributed by atoms with Crippen LogP contribution in [0.1, 0.15) is 30.6 Å². The molecule has 1 aromatic heterocycles. The molecule has 0 fully saturated rings. The summed E-state index contributed by atoms with van der Waals surface area (Å²) < 4.78 is 5.13. The van der Waals surface area contributed by atoms with E-state index >= 15 is 0 Å². The van der Waals surface area contributed by atoms with Crippen molar-refractivity contribution in [2.45, 2.75) is 26.3 Å². The quantitative estimate of drug-likeness (QED) is 0.914. The first kappa shape index (κ1) is 11.9. The molecule has 0 spiro atoms. The van der Waals surface area contributed by atoms with Crippen molar-refractivity contribution in [3.8, 4) is 0 Å². The molecule has 5 heteroatoms. The van der Waals surface area contributed by atoms with Crippen molar-refractivity contribution >= 4 is 28.6 Å². The maximum absolute atomic E-state index is 11.9. The maximum atomic E-state index is 11.9. The van der Waals surface area contributed by atoms with E-state index in [1.807, 2.05) is 13.8 Å². The molecule has 1 heterocycles. The molecule has 0 saturated carbocycles. The third-order valence-corrected chi connectivity index (χ3v) is 2.78. The van der Waals surface area contributed by atoms with Gasteiger partial charge in [0.25, 0.3) is 11.3 Å². The minimum absolute atomic E-state index is 0.0829. The van der Waals surface area contributed by atoms with Crippen LogP contribution in [0.15, 0.2) is 22.6 Å². The fourth-order valence-corrected chi connectivity index (χ4v) is 1.62. The molecule has 1 N–H and O–H groups in total. The van der Waals surface area contributed by atoms with Gasteiger partial charge in [0.15, 0.2) is 5.58 Å². The maximum Gasteiger partial charge on any atom is 0.293 e. The van der Waals surface area contributed by atoms with Crippen LogP contribution in [0, 0.1) is 0 Å². The average molecular weight is 253 g/mol. The van der Waals surface area contributed by atoms with Gasteiger partial charge in [0, 0.05) is 11.6 Å². The number of oxazole rings is 1. The van der Waals surface area contributed by atoms with Crippen molar-refractivity contribution < 1.29 is 9.21 Å². The Morgan fingerprint density at radius 2 is 2.35 bits per heavy atom. The van der Waals surface area contributed by atoms with Gasteiger partial charge in [-0.05, 0) is 43.1 Å². The Morgan fingerprint density at radius 3 is 3.06 bits per heavy atom.